The van der Waals surface area contributed by atoms with Gasteiger partial charge in [0.2, 0.25) is 0 Å². The van der Waals surface area contributed by atoms with Crippen LogP contribution in [-0.4, -0.2) is 19.4 Å². The molecule has 2 rings (SSSR count). The van der Waals surface area contributed by atoms with Crippen LogP contribution in [0.2, 0.25) is 0 Å². The van der Waals surface area contributed by atoms with Crippen molar-refractivity contribution >= 4 is 6.29 Å². The lowest BCUT2D eigenvalue weighted by Crippen LogP contribution is -2.23. The average Bonchev–Trinajstić information content (AvgIpc) is 2.49. The van der Waals surface area contributed by atoms with Gasteiger partial charge in [0.15, 0.2) is 0 Å². The summed E-state index contributed by atoms with van der Waals surface area (Å²) >= 11 is 0. The fraction of sp³-hybridized carbons (Fsp3) is 0.316. The Kier molecular flexibility index (Phi) is 7.41. The molecule has 2 aromatic carbocycles. The second-order valence-electron chi connectivity index (χ2n) is 5.14. The van der Waals surface area contributed by atoms with Gasteiger partial charge in [0.1, 0.15) is 6.29 Å². The maximum atomic E-state index is 8.81. The van der Waals surface area contributed by atoms with Gasteiger partial charge >= 0.3 is 0 Å². The van der Waals surface area contributed by atoms with Gasteiger partial charge < -0.3 is 10.1 Å². The third-order valence-electron chi connectivity index (χ3n) is 3.44. The Morgan fingerprint density at radius 2 is 1.67 bits per heavy atom. The van der Waals surface area contributed by atoms with Crippen molar-refractivity contribution in [1.29, 1.82) is 0 Å². The van der Waals surface area contributed by atoms with Crippen molar-refractivity contribution < 1.29 is 4.79 Å². The fourth-order valence-electron chi connectivity index (χ4n) is 2.17. The first-order chi connectivity index (χ1) is 10.1. The molecule has 0 saturated heterocycles. The minimum atomic E-state index is 0.523. The highest BCUT2D eigenvalue weighted by Gasteiger charge is 2.03. The standard InChI is InChI=1S/C17H21N.C2H4O/c1-13-6-4-5-7-17(13)16-10-8-15(9-11-16)12-14(2)18-3;1-2-3/h4-11,14,18H,12H2,1-3H3;2H,1H3/t14-;/m1./s1. The minimum absolute atomic E-state index is 0.523. The minimum Gasteiger partial charge on any atom is -0.317 e. The number of aldehydes is 1. The van der Waals surface area contributed by atoms with E-state index in [4.69, 9.17) is 4.79 Å². The van der Waals surface area contributed by atoms with E-state index in [-0.39, 0.29) is 0 Å². The van der Waals surface area contributed by atoms with Gasteiger partial charge in [-0.05, 0) is 56.5 Å². The number of likely N-dealkylation sites (N-methyl/N-ethyl adjacent to an activating group) is 1. The van der Waals surface area contributed by atoms with Crippen LogP contribution in [0.5, 0.6) is 0 Å². The smallest absolute Gasteiger partial charge is 0.116 e. The van der Waals surface area contributed by atoms with Crippen LogP contribution < -0.4 is 5.32 Å². The number of hydrogen-bond donors (Lipinski definition) is 1. The van der Waals surface area contributed by atoms with Crippen LogP contribution in [0.15, 0.2) is 48.5 Å². The molecule has 2 aromatic rings. The zero-order chi connectivity index (χ0) is 15.7. The predicted molar refractivity (Wildman–Crippen MR) is 90.6 cm³/mol. The molecule has 112 valence electrons. The van der Waals surface area contributed by atoms with Gasteiger partial charge in [-0.25, -0.2) is 0 Å². The van der Waals surface area contributed by atoms with E-state index in [1.54, 1.807) is 0 Å². The van der Waals surface area contributed by atoms with Crippen LogP contribution in [0.3, 0.4) is 0 Å². The van der Waals surface area contributed by atoms with Crippen molar-refractivity contribution in [1.82, 2.24) is 5.32 Å². The van der Waals surface area contributed by atoms with E-state index in [1.807, 2.05) is 7.05 Å². The van der Waals surface area contributed by atoms with E-state index in [2.05, 4.69) is 67.7 Å². The molecule has 0 aliphatic rings. The van der Waals surface area contributed by atoms with Crippen LogP contribution in [0.1, 0.15) is 25.0 Å². The Balaban J connectivity index is 0.000000677. The van der Waals surface area contributed by atoms with Crippen LogP contribution >= 0.6 is 0 Å². The molecule has 21 heavy (non-hydrogen) atoms. The van der Waals surface area contributed by atoms with E-state index in [0.717, 1.165) is 12.7 Å². The molecule has 2 heteroatoms. The summed E-state index contributed by atoms with van der Waals surface area (Å²) in [6, 6.07) is 18.0. The van der Waals surface area contributed by atoms with Gasteiger partial charge in [-0.1, -0.05) is 48.5 Å². The Morgan fingerprint density at radius 1 is 1.10 bits per heavy atom. The van der Waals surface area contributed by atoms with Crippen molar-refractivity contribution in [3.05, 3.63) is 59.7 Å². The topological polar surface area (TPSA) is 29.1 Å². The Bertz CT molecular complexity index is 546. The van der Waals surface area contributed by atoms with Crippen molar-refractivity contribution in [2.45, 2.75) is 33.2 Å². The summed E-state index contributed by atoms with van der Waals surface area (Å²) in [7, 11) is 2.01. The molecule has 0 amide bonds. The van der Waals surface area contributed by atoms with Crippen molar-refractivity contribution in [2.24, 2.45) is 0 Å². The zero-order valence-electron chi connectivity index (χ0n) is 13.4. The molecule has 0 fully saturated rings. The molecular weight excluding hydrogens is 258 g/mol. The summed E-state index contributed by atoms with van der Waals surface area (Å²) in [5, 5.41) is 3.27. The summed E-state index contributed by atoms with van der Waals surface area (Å²) < 4.78 is 0. The predicted octanol–water partition coefficient (Wildman–Crippen LogP) is 4.02. The molecule has 0 spiro atoms. The Hall–Kier alpha value is -1.93. The maximum absolute atomic E-state index is 8.81. The van der Waals surface area contributed by atoms with Crippen LogP contribution in [-0.2, 0) is 11.2 Å². The van der Waals surface area contributed by atoms with Crippen LogP contribution in [0, 0.1) is 6.92 Å². The summed E-state index contributed by atoms with van der Waals surface area (Å²) in [6.45, 7) is 5.81. The number of rotatable bonds is 4. The first-order valence-electron chi connectivity index (χ1n) is 7.34. The highest BCUT2D eigenvalue weighted by Crippen LogP contribution is 2.23. The number of hydrogen-bond acceptors (Lipinski definition) is 2. The van der Waals surface area contributed by atoms with Gasteiger partial charge in [0.25, 0.3) is 0 Å². The normalized spacial score (nSPS) is 11.2. The number of benzene rings is 2. The van der Waals surface area contributed by atoms with E-state index >= 15 is 0 Å². The van der Waals surface area contributed by atoms with Gasteiger partial charge in [0.05, 0.1) is 0 Å². The number of aryl methyl sites for hydroxylation is 1. The lowest BCUT2D eigenvalue weighted by Gasteiger charge is -2.11. The summed E-state index contributed by atoms with van der Waals surface area (Å²) in [4.78, 5) is 8.81. The molecule has 0 saturated carbocycles. The highest BCUT2D eigenvalue weighted by atomic mass is 16.1. The van der Waals surface area contributed by atoms with Gasteiger partial charge in [0, 0.05) is 6.04 Å². The largest absolute Gasteiger partial charge is 0.317 e. The molecule has 0 bridgehead atoms. The second kappa shape index (κ2) is 9.09. The molecule has 0 unspecified atom stereocenters. The maximum Gasteiger partial charge on any atom is 0.116 e. The second-order valence-corrected chi connectivity index (χ2v) is 5.14. The van der Waals surface area contributed by atoms with E-state index in [9.17, 15) is 0 Å². The van der Waals surface area contributed by atoms with Gasteiger partial charge in [-0.2, -0.15) is 0 Å². The molecule has 0 aliphatic heterocycles. The first kappa shape index (κ1) is 17.1. The molecular formula is C19H25NO. The Labute approximate surface area is 128 Å². The molecule has 0 radical (unpaired) electrons. The first-order valence-corrected chi connectivity index (χ1v) is 7.34. The molecule has 2 nitrogen and oxygen atoms in total. The monoisotopic (exact) mass is 283 g/mol. The van der Waals surface area contributed by atoms with Gasteiger partial charge in [-0.15, -0.1) is 0 Å². The summed E-state index contributed by atoms with van der Waals surface area (Å²) in [6.07, 6.45) is 1.82. The number of nitrogens with one attached hydrogen (secondary N) is 1. The average molecular weight is 283 g/mol. The highest BCUT2D eigenvalue weighted by molar-refractivity contribution is 5.67. The zero-order valence-corrected chi connectivity index (χ0v) is 13.4. The number of carbonyl (C=O) groups excluding carboxylic acids is 1. The quantitative estimate of drug-likeness (QED) is 0.859. The van der Waals surface area contributed by atoms with Crippen molar-refractivity contribution in [2.75, 3.05) is 7.05 Å². The third-order valence-corrected chi connectivity index (χ3v) is 3.44. The van der Waals surface area contributed by atoms with E-state index in [1.165, 1.54) is 29.2 Å². The molecule has 1 N–H and O–H groups in total. The number of carbonyl (C=O) groups is 1. The summed E-state index contributed by atoms with van der Waals surface area (Å²) in [5.41, 5.74) is 5.34. The summed E-state index contributed by atoms with van der Waals surface area (Å²) in [5.74, 6) is 0. The fourth-order valence-corrected chi connectivity index (χ4v) is 2.17. The third kappa shape index (κ3) is 5.52. The van der Waals surface area contributed by atoms with Gasteiger partial charge in [-0.3, -0.25) is 0 Å². The SMILES string of the molecule is CC=O.CN[C@H](C)Cc1ccc(-c2ccccc2C)cc1. The lowest BCUT2D eigenvalue weighted by atomic mass is 9.98. The van der Waals surface area contributed by atoms with Crippen molar-refractivity contribution in [3.63, 3.8) is 0 Å². The van der Waals surface area contributed by atoms with E-state index in [0.29, 0.717) is 6.04 Å². The van der Waals surface area contributed by atoms with Crippen molar-refractivity contribution in [3.8, 4) is 11.1 Å². The molecule has 1 atom stereocenters. The Morgan fingerprint density at radius 3 is 2.19 bits per heavy atom. The lowest BCUT2D eigenvalue weighted by molar-refractivity contribution is -0.106. The molecule has 0 aliphatic carbocycles. The molecule has 0 heterocycles. The van der Waals surface area contributed by atoms with Crippen LogP contribution in [0.25, 0.3) is 11.1 Å². The molecule has 0 aromatic heterocycles. The van der Waals surface area contributed by atoms with E-state index < -0.39 is 0 Å². The van der Waals surface area contributed by atoms with Crippen LogP contribution in [0.4, 0.5) is 0 Å².